The monoisotopic (exact) mass is 276 g/mol. The van der Waals surface area contributed by atoms with Crippen molar-refractivity contribution in [1.82, 2.24) is 4.90 Å². The van der Waals surface area contributed by atoms with Crippen LogP contribution in [0.5, 0.6) is 5.75 Å². The standard InChI is InChI=1S/C17H28N2O/c1-5-19(11-12(2)3)16-9-7-13-6-8-14(20-4)10-15(13)17(16)18/h6,8,10,12,16-17H,5,7,9,11,18H2,1-4H3. The van der Waals surface area contributed by atoms with Gasteiger partial charge in [0.1, 0.15) is 5.75 Å². The van der Waals surface area contributed by atoms with Gasteiger partial charge in [0.2, 0.25) is 0 Å². The minimum absolute atomic E-state index is 0.0903. The van der Waals surface area contributed by atoms with Gasteiger partial charge in [-0.15, -0.1) is 0 Å². The van der Waals surface area contributed by atoms with E-state index in [0.29, 0.717) is 12.0 Å². The average Bonchev–Trinajstić information content (AvgIpc) is 2.45. The first-order valence-corrected chi connectivity index (χ1v) is 7.73. The van der Waals surface area contributed by atoms with Crippen molar-refractivity contribution in [2.75, 3.05) is 20.2 Å². The lowest BCUT2D eigenvalue weighted by atomic mass is 9.83. The molecule has 0 spiro atoms. The van der Waals surface area contributed by atoms with Gasteiger partial charge in [0.05, 0.1) is 7.11 Å². The molecule has 0 radical (unpaired) electrons. The predicted molar refractivity (Wildman–Crippen MR) is 84.1 cm³/mol. The Kier molecular flexibility index (Phi) is 5.06. The van der Waals surface area contributed by atoms with Crippen molar-refractivity contribution in [3.8, 4) is 5.75 Å². The zero-order chi connectivity index (χ0) is 14.7. The normalized spacial score (nSPS) is 22.1. The van der Waals surface area contributed by atoms with Crippen molar-refractivity contribution in [3.05, 3.63) is 29.3 Å². The van der Waals surface area contributed by atoms with Gasteiger partial charge in [0.25, 0.3) is 0 Å². The van der Waals surface area contributed by atoms with Gasteiger partial charge in [-0.25, -0.2) is 0 Å². The van der Waals surface area contributed by atoms with E-state index in [0.717, 1.165) is 31.7 Å². The maximum Gasteiger partial charge on any atom is 0.119 e. The Hall–Kier alpha value is -1.06. The van der Waals surface area contributed by atoms with Crippen LogP contribution in [0, 0.1) is 5.92 Å². The molecule has 3 nitrogen and oxygen atoms in total. The molecule has 20 heavy (non-hydrogen) atoms. The van der Waals surface area contributed by atoms with E-state index in [4.69, 9.17) is 10.5 Å². The number of fused-ring (bicyclic) bond motifs is 1. The second-order valence-electron chi connectivity index (χ2n) is 6.18. The fraction of sp³-hybridized carbons (Fsp3) is 0.647. The third-order valence-corrected chi connectivity index (χ3v) is 4.31. The second kappa shape index (κ2) is 6.59. The van der Waals surface area contributed by atoms with E-state index >= 15 is 0 Å². The van der Waals surface area contributed by atoms with Gasteiger partial charge < -0.3 is 10.5 Å². The van der Waals surface area contributed by atoms with E-state index in [1.807, 2.05) is 6.07 Å². The van der Waals surface area contributed by atoms with Crippen molar-refractivity contribution in [1.29, 1.82) is 0 Å². The highest BCUT2D eigenvalue weighted by molar-refractivity contribution is 5.40. The molecule has 3 heteroatoms. The number of benzene rings is 1. The molecule has 0 amide bonds. The van der Waals surface area contributed by atoms with E-state index in [1.54, 1.807) is 7.11 Å². The Morgan fingerprint density at radius 2 is 2.15 bits per heavy atom. The largest absolute Gasteiger partial charge is 0.497 e. The number of hydrogen-bond acceptors (Lipinski definition) is 3. The fourth-order valence-electron chi connectivity index (χ4n) is 3.31. The lowest BCUT2D eigenvalue weighted by molar-refractivity contribution is 0.146. The summed E-state index contributed by atoms with van der Waals surface area (Å²) in [6.07, 6.45) is 2.27. The Labute approximate surface area is 123 Å². The van der Waals surface area contributed by atoms with E-state index in [-0.39, 0.29) is 6.04 Å². The molecular weight excluding hydrogens is 248 g/mol. The van der Waals surface area contributed by atoms with Crippen LogP contribution in [0.15, 0.2) is 18.2 Å². The Bertz CT molecular complexity index is 445. The first-order valence-electron chi connectivity index (χ1n) is 7.73. The second-order valence-corrected chi connectivity index (χ2v) is 6.18. The number of aryl methyl sites for hydroxylation is 1. The van der Waals surface area contributed by atoms with Crippen LogP contribution in [0.25, 0.3) is 0 Å². The molecule has 2 atom stereocenters. The summed E-state index contributed by atoms with van der Waals surface area (Å²) < 4.78 is 5.35. The fourth-order valence-corrected chi connectivity index (χ4v) is 3.31. The Balaban J connectivity index is 2.22. The van der Waals surface area contributed by atoms with E-state index < -0.39 is 0 Å². The van der Waals surface area contributed by atoms with E-state index in [1.165, 1.54) is 11.1 Å². The summed E-state index contributed by atoms with van der Waals surface area (Å²) in [7, 11) is 1.71. The van der Waals surface area contributed by atoms with Gasteiger partial charge >= 0.3 is 0 Å². The van der Waals surface area contributed by atoms with Crippen LogP contribution >= 0.6 is 0 Å². The quantitative estimate of drug-likeness (QED) is 0.898. The molecule has 1 aliphatic carbocycles. The summed E-state index contributed by atoms with van der Waals surface area (Å²) in [6.45, 7) is 8.96. The molecule has 2 rings (SSSR count). The molecule has 0 fully saturated rings. The number of rotatable bonds is 5. The average molecular weight is 276 g/mol. The van der Waals surface area contributed by atoms with Gasteiger partial charge in [-0.05, 0) is 48.6 Å². The van der Waals surface area contributed by atoms with Crippen molar-refractivity contribution >= 4 is 0 Å². The lowest BCUT2D eigenvalue weighted by Gasteiger charge is -2.39. The molecule has 1 aromatic carbocycles. The molecule has 0 aliphatic heterocycles. The van der Waals surface area contributed by atoms with Crippen molar-refractivity contribution in [2.24, 2.45) is 11.7 Å². The molecule has 112 valence electrons. The molecule has 0 heterocycles. The van der Waals surface area contributed by atoms with Gasteiger partial charge in [-0.2, -0.15) is 0 Å². The molecule has 0 saturated carbocycles. The first-order chi connectivity index (χ1) is 9.56. The van der Waals surface area contributed by atoms with Crippen LogP contribution in [0.4, 0.5) is 0 Å². The third kappa shape index (κ3) is 3.15. The highest BCUT2D eigenvalue weighted by Crippen LogP contribution is 2.33. The molecule has 0 saturated heterocycles. The number of nitrogens with zero attached hydrogens (tertiary/aromatic N) is 1. The van der Waals surface area contributed by atoms with Gasteiger partial charge in [-0.1, -0.05) is 26.8 Å². The predicted octanol–water partition coefficient (Wildman–Crippen LogP) is 2.99. The van der Waals surface area contributed by atoms with Gasteiger partial charge in [0, 0.05) is 18.6 Å². The first kappa shape index (κ1) is 15.3. The molecule has 0 bridgehead atoms. The number of hydrogen-bond donors (Lipinski definition) is 1. The molecule has 1 aliphatic rings. The maximum atomic E-state index is 6.57. The summed E-state index contributed by atoms with van der Waals surface area (Å²) in [5, 5.41) is 0. The molecular formula is C17H28N2O. The number of methoxy groups -OCH3 is 1. The van der Waals surface area contributed by atoms with Crippen LogP contribution < -0.4 is 10.5 Å². The van der Waals surface area contributed by atoms with Crippen LogP contribution in [0.2, 0.25) is 0 Å². The Morgan fingerprint density at radius 1 is 1.40 bits per heavy atom. The smallest absolute Gasteiger partial charge is 0.119 e. The maximum absolute atomic E-state index is 6.57. The van der Waals surface area contributed by atoms with Crippen LogP contribution in [0.3, 0.4) is 0 Å². The third-order valence-electron chi connectivity index (χ3n) is 4.31. The molecule has 0 aromatic heterocycles. The lowest BCUT2D eigenvalue weighted by Crippen LogP contribution is -2.46. The molecule has 1 aromatic rings. The van der Waals surface area contributed by atoms with Gasteiger partial charge in [0.15, 0.2) is 0 Å². The summed E-state index contributed by atoms with van der Waals surface area (Å²) >= 11 is 0. The van der Waals surface area contributed by atoms with Crippen molar-refractivity contribution in [2.45, 2.75) is 45.7 Å². The number of ether oxygens (including phenoxy) is 1. The summed E-state index contributed by atoms with van der Waals surface area (Å²) in [6, 6.07) is 6.87. The van der Waals surface area contributed by atoms with E-state index in [2.05, 4.69) is 37.8 Å². The van der Waals surface area contributed by atoms with Crippen LogP contribution in [-0.2, 0) is 6.42 Å². The van der Waals surface area contributed by atoms with Crippen LogP contribution in [-0.4, -0.2) is 31.1 Å². The molecule has 2 N–H and O–H groups in total. The summed E-state index contributed by atoms with van der Waals surface area (Å²) in [4.78, 5) is 2.54. The summed E-state index contributed by atoms with van der Waals surface area (Å²) in [5.41, 5.74) is 9.22. The van der Waals surface area contributed by atoms with Crippen molar-refractivity contribution < 1.29 is 4.74 Å². The number of nitrogens with two attached hydrogens (primary N) is 1. The Morgan fingerprint density at radius 3 is 2.75 bits per heavy atom. The minimum atomic E-state index is 0.0903. The zero-order valence-electron chi connectivity index (χ0n) is 13.2. The van der Waals surface area contributed by atoms with E-state index in [9.17, 15) is 0 Å². The molecule has 2 unspecified atom stereocenters. The van der Waals surface area contributed by atoms with Crippen molar-refractivity contribution in [3.63, 3.8) is 0 Å². The topological polar surface area (TPSA) is 38.5 Å². The highest BCUT2D eigenvalue weighted by Gasteiger charge is 2.31. The summed E-state index contributed by atoms with van der Waals surface area (Å²) in [5.74, 6) is 1.58. The number of likely N-dealkylation sites (N-methyl/N-ethyl adjacent to an activating group) is 1. The van der Waals surface area contributed by atoms with Crippen LogP contribution in [0.1, 0.15) is 44.4 Å². The highest BCUT2D eigenvalue weighted by atomic mass is 16.5. The zero-order valence-corrected chi connectivity index (χ0v) is 13.2. The SMILES string of the molecule is CCN(CC(C)C)C1CCc2ccc(OC)cc2C1N. The minimum Gasteiger partial charge on any atom is -0.497 e. The van der Waals surface area contributed by atoms with Gasteiger partial charge in [-0.3, -0.25) is 4.90 Å².